The zero-order valence-electron chi connectivity index (χ0n) is 7.94. The van der Waals surface area contributed by atoms with Crippen LogP contribution in [0.5, 0.6) is 0 Å². The van der Waals surface area contributed by atoms with Gasteiger partial charge in [0.2, 0.25) is 0 Å². The van der Waals surface area contributed by atoms with Crippen molar-refractivity contribution in [2.75, 3.05) is 0 Å². The fourth-order valence-electron chi connectivity index (χ4n) is 1.43. The molecule has 2 rings (SSSR count). The molecule has 2 nitrogen and oxygen atoms in total. The first kappa shape index (κ1) is 10.2. The van der Waals surface area contributed by atoms with E-state index in [4.69, 9.17) is 4.42 Å². The topological polar surface area (TPSA) is 30.2 Å². The molecule has 0 radical (unpaired) electrons. The normalized spacial score (nSPS) is 10.2. The Morgan fingerprint density at radius 1 is 1.07 bits per heavy atom. The molecule has 0 bridgehead atoms. The predicted molar refractivity (Wildman–Crippen MR) is 63.0 cm³/mol. The molecule has 0 unspecified atom stereocenters. The van der Waals surface area contributed by atoms with Crippen LogP contribution in [0.2, 0.25) is 0 Å². The van der Waals surface area contributed by atoms with Gasteiger partial charge in [0.1, 0.15) is 5.76 Å². The maximum atomic E-state index is 11.0. The molecule has 2 aromatic rings. The molecular formula is C12H9BrO2. The maximum Gasteiger partial charge on any atom is 0.335 e. The Labute approximate surface area is 95.7 Å². The molecule has 0 saturated carbocycles. The molecule has 0 atom stereocenters. The maximum absolute atomic E-state index is 11.0. The van der Waals surface area contributed by atoms with E-state index in [1.807, 2.05) is 30.3 Å². The number of rotatable bonds is 2. The minimum atomic E-state index is -0.316. The van der Waals surface area contributed by atoms with E-state index in [1.165, 1.54) is 6.07 Å². The Hall–Kier alpha value is -1.35. The highest BCUT2D eigenvalue weighted by Crippen LogP contribution is 2.23. The van der Waals surface area contributed by atoms with Gasteiger partial charge in [-0.3, -0.25) is 0 Å². The van der Waals surface area contributed by atoms with Crippen molar-refractivity contribution in [3.05, 3.63) is 58.6 Å². The molecular weight excluding hydrogens is 256 g/mol. The largest absolute Gasteiger partial charge is 0.426 e. The third-order valence-electron chi connectivity index (χ3n) is 2.12. The smallest absolute Gasteiger partial charge is 0.335 e. The third-order valence-corrected chi connectivity index (χ3v) is 2.63. The second-order valence-corrected chi connectivity index (χ2v) is 3.65. The van der Waals surface area contributed by atoms with Crippen molar-refractivity contribution in [1.29, 1.82) is 0 Å². The molecule has 15 heavy (non-hydrogen) atoms. The van der Waals surface area contributed by atoms with Gasteiger partial charge in [-0.15, -0.1) is 0 Å². The summed E-state index contributed by atoms with van der Waals surface area (Å²) in [6, 6.07) is 13.1. The summed E-state index contributed by atoms with van der Waals surface area (Å²) in [6.07, 6.45) is 0. The van der Waals surface area contributed by atoms with E-state index in [1.54, 1.807) is 6.07 Å². The van der Waals surface area contributed by atoms with Crippen LogP contribution in [-0.4, -0.2) is 0 Å². The van der Waals surface area contributed by atoms with E-state index in [-0.39, 0.29) is 5.63 Å². The number of hydrogen-bond acceptors (Lipinski definition) is 2. The minimum absolute atomic E-state index is 0.316. The Balaban J connectivity index is 2.58. The van der Waals surface area contributed by atoms with E-state index >= 15 is 0 Å². The van der Waals surface area contributed by atoms with E-state index < -0.39 is 0 Å². The van der Waals surface area contributed by atoms with Crippen LogP contribution in [0, 0.1) is 0 Å². The highest BCUT2D eigenvalue weighted by atomic mass is 79.9. The molecule has 1 aromatic carbocycles. The van der Waals surface area contributed by atoms with Crippen LogP contribution in [0.25, 0.3) is 11.1 Å². The first-order chi connectivity index (χ1) is 7.31. The van der Waals surface area contributed by atoms with Crippen LogP contribution in [-0.2, 0) is 5.33 Å². The Kier molecular flexibility index (Phi) is 3.02. The summed E-state index contributed by atoms with van der Waals surface area (Å²) in [5.41, 5.74) is 1.69. The lowest BCUT2D eigenvalue weighted by Crippen LogP contribution is -1.99. The SMILES string of the molecule is O=c1ccc(-c2ccccc2)c(CBr)o1. The van der Waals surface area contributed by atoms with E-state index in [0.717, 1.165) is 11.1 Å². The highest BCUT2D eigenvalue weighted by Gasteiger charge is 2.06. The first-order valence-electron chi connectivity index (χ1n) is 4.55. The van der Waals surface area contributed by atoms with Crippen LogP contribution in [0.15, 0.2) is 51.7 Å². The molecule has 3 heteroatoms. The van der Waals surface area contributed by atoms with E-state index in [0.29, 0.717) is 11.1 Å². The number of alkyl halides is 1. The van der Waals surface area contributed by atoms with Crippen LogP contribution >= 0.6 is 15.9 Å². The molecule has 76 valence electrons. The lowest BCUT2D eigenvalue weighted by Gasteiger charge is -2.04. The van der Waals surface area contributed by atoms with Crippen molar-refractivity contribution in [1.82, 2.24) is 0 Å². The van der Waals surface area contributed by atoms with Gasteiger partial charge < -0.3 is 4.42 Å². The average molecular weight is 265 g/mol. The van der Waals surface area contributed by atoms with Crippen molar-refractivity contribution >= 4 is 15.9 Å². The molecule has 0 aliphatic rings. The van der Waals surface area contributed by atoms with Gasteiger partial charge in [0.15, 0.2) is 0 Å². The number of halogens is 1. The molecule has 0 N–H and O–H groups in total. The van der Waals surface area contributed by atoms with Crippen LogP contribution in [0.3, 0.4) is 0 Å². The zero-order valence-corrected chi connectivity index (χ0v) is 9.53. The van der Waals surface area contributed by atoms with Crippen LogP contribution < -0.4 is 5.63 Å². The Morgan fingerprint density at radius 3 is 2.47 bits per heavy atom. The van der Waals surface area contributed by atoms with Crippen LogP contribution in [0.4, 0.5) is 0 Å². The number of benzene rings is 1. The van der Waals surface area contributed by atoms with Gasteiger partial charge in [-0.05, 0) is 11.6 Å². The fraction of sp³-hybridized carbons (Fsp3) is 0.0833. The Morgan fingerprint density at radius 2 is 1.80 bits per heavy atom. The highest BCUT2D eigenvalue weighted by molar-refractivity contribution is 9.08. The average Bonchev–Trinajstić information content (AvgIpc) is 2.30. The first-order valence-corrected chi connectivity index (χ1v) is 5.68. The van der Waals surface area contributed by atoms with Crippen molar-refractivity contribution in [2.45, 2.75) is 5.33 Å². The summed E-state index contributed by atoms with van der Waals surface area (Å²) in [5, 5.41) is 0.535. The van der Waals surface area contributed by atoms with Crippen LogP contribution in [0.1, 0.15) is 5.76 Å². The molecule has 0 spiro atoms. The van der Waals surface area contributed by atoms with E-state index in [9.17, 15) is 4.79 Å². The molecule has 1 heterocycles. The minimum Gasteiger partial charge on any atom is -0.426 e. The zero-order chi connectivity index (χ0) is 10.7. The second kappa shape index (κ2) is 4.45. The summed E-state index contributed by atoms with van der Waals surface area (Å²) in [4.78, 5) is 11.0. The quantitative estimate of drug-likeness (QED) is 0.780. The Bertz CT molecular complexity index is 503. The van der Waals surface area contributed by atoms with Gasteiger partial charge in [0.05, 0.1) is 5.33 Å². The van der Waals surface area contributed by atoms with Gasteiger partial charge in [-0.1, -0.05) is 46.3 Å². The molecule has 0 fully saturated rings. The number of hydrogen-bond donors (Lipinski definition) is 0. The van der Waals surface area contributed by atoms with Crippen molar-refractivity contribution in [3.8, 4) is 11.1 Å². The van der Waals surface area contributed by atoms with Gasteiger partial charge >= 0.3 is 5.63 Å². The summed E-state index contributed by atoms with van der Waals surface area (Å²) in [6.45, 7) is 0. The van der Waals surface area contributed by atoms with E-state index in [2.05, 4.69) is 15.9 Å². The van der Waals surface area contributed by atoms with Gasteiger partial charge in [0, 0.05) is 11.6 Å². The summed E-state index contributed by atoms with van der Waals surface area (Å²) >= 11 is 3.31. The molecule has 0 saturated heterocycles. The van der Waals surface area contributed by atoms with Crippen molar-refractivity contribution in [2.24, 2.45) is 0 Å². The monoisotopic (exact) mass is 264 g/mol. The summed E-state index contributed by atoms with van der Waals surface area (Å²) in [7, 11) is 0. The van der Waals surface area contributed by atoms with Crippen molar-refractivity contribution in [3.63, 3.8) is 0 Å². The van der Waals surface area contributed by atoms with Gasteiger partial charge in [0.25, 0.3) is 0 Å². The summed E-state index contributed by atoms with van der Waals surface area (Å²) in [5.74, 6) is 0.661. The lowest BCUT2D eigenvalue weighted by molar-refractivity contribution is 0.480. The summed E-state index contributed by atoms with van der Waals surface area (Å²) < 4.78 is 5.11. The second-order valence-electron chi connectivity index (χ2n) is 3.09. The third kappa shape index (κ3) is 2.18. The van der Waals surface area contributed by atoms with Gasteiger partial charge in [-0.25, -0.2) is 4.79 Å². The van der Waals surface area contributed by atoms with Gasteiger partial charge in [-0.2, -0.15) is 0 Å². The molecule has 0 aliphatic heterocycles. The predicted octanol–water partition coefficient (Wildman–Crippen LogP) is 3.20. The molecule has 0 aliphatic carbocycles. The molecule has 1 aromatic heterocycles. The standard InChI is InChI=1S/C12H9BrO2/c13-8-11-10(6-7-12(14)15-11)9-4-2-1-3-5-9/h1-7H,8H2. The van der Waals surface area contributed by atoms with Crippen molar-refractivity contribution < 1.29 is 4.42 Å². The molecule has 0 amide bonds. The lowest BCUT2D eigenvalue weighted by atomic mass is 10.1. The fourth-order valence-corrected chi connectivity index (χ4v) is 1.85.